The van der Waals surface area contributed by atoms with Gasteiger partial charge in [-0.05, 0) is 25.2 Å². The molecule has 22 heavy (non-hydrogen) atoms. The molecule has 2 heteroatoms. The highest BCUT2D eigenvalue weighted by Gasteiger charge is 2.28. The van der Waals surface area contributed by atoms with E-state index in [9.17, 15) is 9.50 Å². The van der Waals surface area contributed by atoms with Gasteiger partial charge in [0, 0.05) is 0 Å². The third-order valence-corrected chi connectivity index (χ3v) is 5.31. The van der Waals surface area contributed by atoms with E-state index < -0.39 is 12.3 Å². The van der Waals surface area contributed by atoms with Crippen molar-refractivity contribution in [1.29, 1.82) is 0 Å². The van der Waals surface area contributed by atoms with Crippen molar-refractivity contribution in [3.05, 3.63) is 0 Å². The minimum Gasteiger partial charge on any atom is -0.390 e. The van der Waals surface area contributed by atoms with E-state index in [0.717, 1.165) is 6.42 Å². The van der Waals surface area contributed by atoms with E-state index >= 15 is 0 Å². The maximum Gasteiger partial charge on any atom is 0.126 e. The summed E-state index contributed by atoms with van der Waals surface area (Å²) >= 11 is 0. The standard InChI is InChI=1S/C20H39FO/c1-2-3-4-5-6-7-8-9-10-11-12-13-14-18-15-16-20(22)19(21)17-18/h18-20,22H,2-17H2,1H3. The zero-order valence-corrected chi connectivity index (χ0v) is 14.9. The second-order valence-electron chi connectivity index (χ2n) is 7.44. The second kappa shape index (κ2) is 13.3. The van der Waals surface area contributed by atoms with Crippen LogP contribution < -0.4 is 0 Å². The van der Waals surface area contributed by atoms with Crippen molar-refractivity contribution in [2.75, 3.05) is 0 Å². The molecule has 1 aliphatic rings. The molecule has 132 valence electrons. The smallest absolute Gasteiger partial charge is 0.126 e. The maximum absolute atomic E-state index is 13.4. The van der Waals surface area contributed by atoms with Gasteiger partial charge in [-0.15, -0.1) is 0 Å². The van der Waals surface area contributed by atoms with Crippen LogP contribution in [0, 0.1) is 5.92 Å². The van der Waals surface area contributed by atoms with E-state index in [0.29, 0.717) is 18.8 Å². The third-order valence-electron chi connectivity index (χ3n) is 5.31. The van der Waals surface area contributed by atoms with E-state index in [2.05, 4.69) is 6.92 Å². The molecule has 0 bridgehead atoms. The first-order valence-corrected chi connectivity index (χ1v) is 10.1. The summed E-state index contributed by atoms with van der Waals surface area (Å²) < 4.78 is 13.4. The van der Waals surface area contributed by atoms with Crippen LogP contribution in [0.15, 0.2) is 0 Å². The molecule has 0 radical (unpaired) electrons. The third kappa shape index (κ3) is 9.82. The zero-order chi connectivity index (χ0) is 16.0. The predicted molar refractivity (Wildman–Crippen MR) is 93.9 cm³/mol. The molecule has 0 saturated heterocycles. The number of aliphatic hydroxyl groups is 1. The molecule has 1 fully saturated rings. The van der Waals surface area contributed by atoms with Crippen LogP contribution in [-0.2, 0) is 0 Å². The number of halogens is 1. The van der Waals surface area contributed by atoms with E-state index in [4.69, 9.17) is 0 Å². The first-order chi connectivity index (χ1) is 10.7. The Balaban J connectivity index is 1.78. The molecule has 0 amide bonds. The van der Waals surface area contributed by atoms with Gasteiger partial charge in [0.1, 0.15) is 6.17 Å². The van der Waals surface area contributed by atoms with Crippen LogP contribution >= 0.6 is 0 Å². The molecule has 0 aromatic heterocycles. The van der Waals surface area contributed by atoms with Gasteiger partial charge in [-0.25, -0.2) is 4.39 Å². The molecular weight excluding hydrogens is 275 g/mol. The molecule has 1 nitrogen and oxygen atoms in total. The Morgan fingerprint density at radius 2 is 1.27 bits per heavy atom. The van der Waals surface area contributed by atoms with Gasteiger partial charge in [0.2, 0.25) is 0 Å². The Bertz CT molecular complexity index is 244. The summed E-state index contributed by atoms with van der Waals surface area (Å²) in [6.07, 6.45) is 18.4. The fourth-order valence-electron chi connectivity index (χ4n) is 3.72. The highest BCUT2D eigenvalue weighted by molar-refractivity contribution is 4.79. The summed E-state index contributed by atoms with van der Waals surface area (Å²) in [6, 6.07) is 0. The number of aliphatic hydroxyl groups excluding tert-OH is 1. The quantitative estimate of drug-likeness (QED) is 0.381. The Morgan fingerprint density at radius 3 is 1.77 bits per heavy atom. The summed E-state index contributed by atoms with van der Waals surface area (Å²) in [6.45, 7) is 2.27. The molecule has 1 N–H and O–H groups in total. The van der Waals surface area contributed by atoms with Crippen molar-refractivity contribution in [3.8, 4) is 0 Å². The summed E-state index contributed by atoms with van der Waals surface area (Å²) in [5.74, 6) is 0.529. The number of alkyl halides is 1. The van der Waals surface area contributed by atoms with Crippen LogP contribution in [0.1, 0.15) is 110 Å². The van der Waals surface area contributed by atoms with Crippen molar-refractivity contribution in [2.24, 2.45) is 5.92 Å². The molecule has 0 aromatic carbocycles. The molecule has 1 rings (SSSR count). The van der Waals surface area contributed by atoms with Crippen LogP contribution in [0.25, 0.3) is 0 Å². The average molecular weight is 315 g/mol. The molecule has 0 spiro atoms. The number of hydrogen-bond donors (Lipinski definition) is 1. The van der Waals surface area contributed by atoms with Crippen LogP contribution in [0.5, 0.6) is 0 Å². The topological polar surface area (TPSA) is 20.2 Å². The van der Waals surface area contributed by atoms with Crippen LogP contribution in [-0.4, -0.2) is 17.4 Å². The molecule has 1 aliphatic carbocycles. The lowest BCUT2D eigenvalue weighted by Crippen LogP contribution is -2.30. The van der Waals surface area contributed by atoms with Gasteiger partial charge in [-0.2, -0.15) is 0 Å². The zero-order valence-electron chi connectivity index (χ0n) is 14.9. The van der Waals surface area contributed by atoms with E-state index in [1.807, 2.05) is 0 Å². The Labute approximate surface area is 138 Å². The van der Waals surface area contributed by atoms with Crippen LogP contribution in [0.3, 0.4) is 0 Å². The van der Waals surface area contributed by atoms with Gasteiger partial charge >= 0.3 is 0 Å². The normalized spacial score (nSPS) is 25.5. The number of rotatable bonds is 13. The molecule has 1 saturated carbocycles. The Morgan fingerprint density at radius 1 is 0.773 bits per heavy atom. The molecule has 0 heterocycles. The summed E-state index contributed by atoms with van der Waals surface area (Å²) in [5.41, 5.74) is 0. The fourth-order valence-corrected chi connectivity index (χ4v) is 3.72. The maximum atomic E-state index is 13.4. The highest BCUT2D eigenvalue weighted by Crippen LogP contribution is 2.30. The largest absolute Gasteiger partial charge is 0.390 e. The molecule has 3 unspecified atom stereocenters. The van der Waals surface area contributed by atoms with Crippen molar-refractivity contribution in [3.63, 3.8) is 0 Å². The summed E-state index contributed by atoms with van der Waals surface area (Å²) in [5, 5.41) is 9.39. The highest BCUT2D eigenvalue weighted by atomic mass is 19.1. The lowest BCUT2D eigenvalue weighted by molar-refractivity contribution is 0.0225. The van der Waals surface area contributed by atoms with Crippen LogP contribution in [0.2, 0.25) is 0 Å². The number of hydrogen-bond acceptors (Lipinski definition) is 1. The average Bonchev–Trinajstić information content (AvgIpc) is 2.52. The monoisotopic (exact) mass is 314 g/mol. The van der Waals surface area contributed by atoms with Gasteiger partial charge in [0.15, 0.2) is 0 Å². The van der Waals surface area contributed by atoms with Gasteiger partial charge in [-0.1, -0.05) is 90.4 Å². The second-order valence-corrected chi connectivity index (χ2v) is 7.44. The molecule has 3 atom stereocenters. The van der Waals surface area contributed by atoms with Gasteiger partial charge < -0.3 is 5.11 Å². The number of unbranched alkanes of at least 4 members (excludes halogenated alkanes) is 11. The first kappa shape index (κ1) is 19.9. The van der Waals surface area contributed by atoms with E-state index in [-0.39, 0.29) is 0 Å². The van der Waals surface area contributed by atoms with Crippen molar-refractivity contribution >= 4 is 0 Å². The fraction of sp³-hybridized carbons (Fsp3) is 1.00. The SMILES string of the molecule is CCCCCCCCCCCCCCC1CCC(O)C(F)C1. The van der Waals surface area contributed by atoms with E-state index in [1.54, 1.807) is 0 Å². The molecular formula is C20H39FO. The predicted octanol–water partition coefficient (Wildman–Crippen LogP) is 6.58. The lowest BCUT2D eigenvalue weighted by Gasteiger charge is -2.28. The van der Waals surface area contributed by atoms with Gasteiger partial charge in [0.25, 0.3) is 0 Å². The molecule has 0 aromatic rings. The Hall–Kier alpha value is -0.110. The van der Waals surface area contributed by atoms with Crippen LogP contribution in [0.4, 0.5) is 4.39 Å². The lowest BCUT2D eigenvalue weighted by atomic mass is 9.83. The minimum absolute atomic E-state index is 0.529. The summed E-state index contributed by atoms with van der Waals surface area (Å²) in [4.78, 5) is 0. The van der Waals surface area contributed by atoms with Gasteiger partial charge in [-0.3, -0.25) is 0 Å². The first-order valence-electron chi connectivity index (χ1n) is 10.1. The van der Waals surface area contributed by atoms with Crippen molar-refractivity contribution in [1.82, 2.24) is 0 Å². The van der Waals surface area contributed by atoms with Crippen molar-refractivity contribution < 1.29 is 9.50 Å². The minimum atomic E-state index is -0.962. The molecule has 0 aliphatic heterocycles. The summed E-state index contributed by atoms with van der Waals surface area (Å²) in [7, 11) is 0. The van der Waals surface area contributed by atoms with E-state index in [1.165, 1.54) is 83.5 Å². The van der Waals surface area contributed by atoms with Crippen molar-refractivity contribution in [2.45, 2.75) is 122 Å². The Kier molecular flexibility index (Phi) is 12.1. The van der Waals surface area contributed by atoms with Gasteiger partial charge in [0.05, 0.1) is 6.10 Å².